The molecular formula is C12H14F2O2. The standard InChI is InChI=1S/C12H14F2O2/c1-7(2)12(3,11(15)16)8-5-4-6-9(13)10(8)14/h4-7H,1-3H3,(H,15,16). The van der Waals surface area contributed by atoms with Gasteiger partial charge in [0.05, 0.1) is 5.41 Å². The van der Waals surface area contributed by atoms with E-state index in [0.717, 1.165) is 6.07 Å². The van der Waals surface area contributed by atoms with Crippen molar-refractivity contribution in [3.63, 3.8) is 0 Å². The van der Waals surface area contributed by atoms with Crippen LogP contribution in [0.2, 0.25) is 0 Å². The Morgan fingerprint density at radius 3 is 2.38 bits per heavy atom. The van der Waals surface area contributed by atoms with Crippen LogP contribution >= 0.6 is 0 Å². The van der Waals surface area contributed by atoms with Crippen LogP contribution in [-0.4, -0.2) is 11.1 Å². The van der Waals surface area contributed by atoms with Gasteiger partial charge in [-0.3, -0.25) is 4.79 Å². The van der Waals surface area contributed by atoms with Crippen LogP contribution in [0.25, 0.3) is 0 Å². The van der Waals surface area contributed by atoms with Gasteiger partial charge in [0.15, 0.2) is 11.6 Å². The molecule has 0 aliphatic heterocycles. The molecule has 0 spiro atoms. The fourth-order valence-electron chi connectivity index (χ4n) is 1.58. The summed E-state index contributed by atoms with van der Waals surface area (Å²) in [6.45, 7) is 4.73. The third-order valence-corrected chi connectivity index (χ3v) is 3.11. The maximum Gasteiger partial charge on any atom is 0.314 e. The van der Waals surface area contributed by atoms with Crippen LogP contribution in [0, 0.1) is 17.6 Å². The van der Waals surface area contributed by atoms with Crippen molar-refractivity contribution in [2.45, 2.75) is 26.2 Å². The Morgan fingerprint density at radius 1 is 1.38 bits per heavy atom. The van der Waals surface area contributed by atoms with Gasteiger partial charge < -0.3 is 5.11 Å². The van der Waals surface area contributed by atoms with Crippen molar-refractivity contribution in [1.82, 2.24) is 0 Å². The maximum absolute atomic E-state index is 13.6. The number of halogens is 2. The predicted octanol–water partition coefficient (Wildman–Crippen LogP) is 2.96. The van der Waals surface area contributed by atoms with E-state index in [1.54, 1.807) is 13.8 Å². The Labute approximate surface area is 92.9 Å². The van der Waals surface area contributed by atoms with Crippen molar-refractivity contribution in [2.24, 2.45) is 5.92 Å². The minimum Gasteiger partial charge on any atom is -0.481 e. The van der Waals surface area contributed by atoms with Crippen LogP contribution < -0.4 is 0 Å². The van der Waals surface area contributed by atoms with Gasteiger partial charge in [-0.1, -0.05) is 26.0 Å². The number of hydrogen-bond donors (Lipinski definition) is 1. The van der Waals surface area contributed by atoms with Crippen molar-refractivity contribution in [3.05, 3.63) is 35.4 Å². The van der Waals surface area contributed by atoms with Crippen molar-refractivity contribution < 1.29 is 18.7 Å². The van der Waals surface area contributed by atoms with Crippen LogP contribution in [0.15, 0.2) is 18.2 Å². The van der Waals surface area contributed by atoms with E-state index in [4.69, 9.17) is 0 Å². The highest BCUT2D eigenvalue weighted by atomic mass is 19.2. The van der Waals surface area contributed by atoms with Gasteiger partial charge in [-0.05, 0) is 18.9 Å². The van der Waals surface area contributed by atoms with Crippen LogP contribution in [0.4, 0.5) is 8.78 Å². The highest BCUT2D eigenvalue weighted by Crippen LogP contribution is 2.34. The maximum atomic E-state index is 13.6. The zero-order valence-electron chi connectivity index (χ0n) is 9.42. The molecule has 4 heteroatoms. The quantitative estimate of drug-likeness (QED) is 0.863. The van der Waals surface area contributed by atoms with Crippen molar-refractivity contribution in [3.8, 4) is 0 Å². The lowest BCUT2D eigenvalue weighted by Crippen LogP contribution is -2.38. The molecule has 1 atom stereocenters. The Kier molecular flexibility index (Phi) is 3.31. The van der Waals surface area contributed by atoms with Crippen LogP contribution in [0.5, 0.6) is 0 Å². The van der Waals surface area contributed by atoms with Crippen LogP contribution in [0.1, 0.15) is 26.3 Å². The smallest absolute Gasteiger partial charge is 0.314 e. The van der Waals surface area contributed by atoms with E-state index < -0.39 is 23.0 Å². The average Bonchev–Trinajstić information content (AvgIpc) is 2.20. The topological polar surface area (TPSA) is 37.3 Å². The van der Waals surface area contributed by atoms with E-state index in [2.05, 4.69) is 0 Å². The van der Waals surface area contributed by atoms with Crippen molar-refractivity contribution in [1.29, 1.82) is 0 Å². The molecule has 0 aliphatic carbocycles. The van der Waals surface area contributed by atoms with Crippen molar-refractivity contribution in [2.75, 3.05) is 0 Å². The lowest BCUT2D eigenvalue weighted by atomic mass is 9.73. The third kappa shape index (κ3) is 1.79. The summed E-state index contributed by atoms with van der Waals surface area (Å²) in [6, 6.07) is 3.60. The molecule has 2 nitrogen and oxygen atoms in total. The predicted molar refractivity (Wildman–Crippen MR) is 56.2 cm³/mol. The Morgan fingerprint density at radius 2 is 1.94 bits per heavy atom. The molecule has 1 unspecified atom stereocenters. The Hall–Kier alpha value is -1.45. The number of aliphatic carboxylic acids is 1. The number of rotatable bonds is 3. The summed E-state index contributed by atoms with van der Waals surface area (Å²) in [4.78, 5) is 11.2. The normalized spacial score (nSPS) is 14.9. The fourth-order valence-corrected chi connectivity index (χ4v) is 1.58. The molecule has 1 rings (SSSR count). The van der Waals surface area contributed by atoms with E-state index in [9.17, 15) is 18.7 Å². The average molecular weight is 228 g/mol. The number of benzene rings is 1. The molecular weight excluding hydrogens is 214 g/mol. The summed E-state index contributed by atoms with van der Waals surface area (Å²) in [5, 5.41) is 9.18. The third-order valence-electron chi connectivity index (χ3n) is 3.11. The lowest BCUT2D eigenvalue weighted by Gasteiger charge is -2.29. The van der Waals surface area contributed by atoms with E-state index in [1.165, 1.54) is 19.1 Å². The first-order valence-electron chi connectivity index (χ1n) is 4.99. The van der Waals surface area contributed by atoms with Gasteiger partial charge >= 0.3 is 5.97 Å². The molecule has 0 saturated heterocycles. The van der Waals surface area contributed by atoms with E-state index in [1.807, 2.05) is 0 Å². The summed E-state index contributed by atoms with van der Waals surface area (Å²) in [5.41, 5.74) is -1.54. The molecule has 0 aliphatic rings. The Bertz CT molecular complexity index is 415. The zero-order valence-corrected chi connectivity index (χ0v) is 9.42. The van der Waals surface area contributed by atoms with Gasteiger partial charge in [-0.25, -0.2) is 8.78 Å². The van der Waals surface area contributed by atoms with Gasteiger partial charge in [0.25, 0.3) is 0 Å². The second-order valence-corrected chi connectivity index (χ2v) is 4.26. The molecule has 0 radical (unpaired) electrons. The first-order chi connectivity index (χ1) is 7.31. The first kappa shape index (κ1) is 12.6. The van der Waals surface area contributed by atoms with Gasteiger partial charge in [0.1, 0.15) is 0 Å². The monoisotopic (exact) mass is 228 g/mol. The van der Waals surface area contributed by atoms with Crippen molar-refractivity contribution >= 4 is 5.97 Å². The molecule has 0 bridgehead atoms. The van der Waals surface area contributed by atoms with Gasteiger partial charge in [-0.15, -0.1) is 0 Å². The summed E-state index contributed by atoms with van der Waals surface area (Å²) >= 11 is 0. The zero-order chi connectivity index (χ0) is 12.5. The summed E-state index contributed by atoms with van der Waals surface area (Å²) in [7, 11) is 0. The van der Waals surface area contributed by atoms with Crippen LogP contribution in [-0.2, 0) is 10.2 Å². The molecule has 1 N–H and O–H groups in total. The highest BCUT2D eigenvalue weighted by molar-refractivity contribution is 5.81. The van der Waals surface area contributed by atoms with Crippen LogP contribution in [0.3, 0.4) is 0 Å². The minimum absolute atomic E-state index is 0.116. The molecule has 0 saturated carbocycles. The largest absolute Gasteiger partial charge is 0.481 e. The molecule has 1 aromatic carbocycles. The first-order valence-corrected chi connectivity index (χ1v) is 4.99. The second kappa shape index (κ2) is 4.20. The molecule has 1 aromatic rings. The molecule has 0 fully saturated rings. The highest BCUT2D eigenvalue weighted by Gasteiger charge is 2.41. The van der Waals surface area contributed by atoms with Gasteiger partial charge in [0, 0.05) is 5.56 Å². The molecule has 0 aromatic heterocycles. The molecule has 0 amide bonds. The second-order valence-electron chi connectivity index (χ2n) is 4.26. The molecule has 16 heavy (non-hydrogen) atoms. The molecule has 88 valence electrons. The van der Waals surface area contributed by atoms with E-state index >= 15 is 0 Å². The fraction of sp³-hybridized carbons (Fsp3) is 0.417. The summed E-state index contributed by atoms with van der Waals surface area (Å²) in [6.07, 6.45) is 0. The summed E-state index contributed by atoms with van der Waals surface area (Å²) in [5.74, 6) is -3.61. The SMILES string of the molecule is CC(C)C(C)(C(=O)O)c1cccc(F)c1F. The number of carbonyl (C=O) groups is 1. The number of hydrogen-bond acceptors (Lipinski definition) is 1. The Balaban J connectivity index is 3.44. The molecule has 0 heterocycles. The minimum atomic E-state index is -1.42. The van der Waals surface area contributed by atoms with E-state index in [0.29, 0.717) is 0 Å². The van der Waals surface area contributed by atoms with E-state index in [-0.39, 0.29) is 11.5 Å². The van der Waals surface area contributed by atoms with Gasteiger partial charge in [-0.2, -0.15) is 0 Å². The van der Waals surface area contributed by atoms with Gasteiger partial charge in [0.2, 0.25) is 0 Å². The lowest BCUT2D eigenvalue weighted by molar-refractivity contribution is -0.145. The number of carboxylic acids is 1. The number of carboxylic acid groups (broad SMARTS) is 1. The summed E-state index contributed by atoms with van der Waals surface area (Å²) < 4.78 is 26.6.